The summed E-state index contributed by atoms with van der Waals surface area (Å²) in [7, 11) is 0. The number of aryl methyl sites for hydroxylation is 1. The summed E-state index contributed by atoms with van der Waals surface area (Å²) in [5, 5.41) is 3.61. The van der Waals surface area contributed by atoms with Crippen molar-refractivity contribution in [3.8, 4) is 0 Å². The fraction of sp³-hybridized carbons (Fsp3) is 0.676. The predicted octanol–water partition coefficient (Wildman–Crippen LogP) is 9.39. The minimum Gasteiger partial charge on any atom is -0.374 e. The van der Waals surface area contributed by atoms with E-state index in [9.17, 15) is 4.79 Å². The molecule has 0 bridgehead atoms. The van der Waals surface area contributed by atoms with Crippen LogP contribution < -0.4 is 5.32 Å². The third kappa shape index (κ3) is 14.5. The molecule has 0 fully saturated rings. The molecule has 0 aliphatic carbocycles. The van der Waals surface area contributed by atoms with Gasteiger partial charge in [-0.1, -0.05) is 79.2 Å². The fourth-order valence-corrected chi connectivity index (χ4v) is 5.73. The first-order valence-electron chi connectivity index (χ1n) is 15.1. The summed E-state index contributed by atoms with van der Waals surface area (Å²) in [5.74, 6) is 3.14. The summed E-state index contributed by atoms with van der Waals surface area (Å²) >= 11 is 1.90. The van der Waals surface area contributed by atoms with Gasteiger partial charge in [0.2, 0.25) is 0 Å². The van der Waals surface area contributed by atoms with Crippen molar-refractivity contribution < 1.29 is 4.79 Å². The van der Waals surface area contributed by atoms with E-state index in [1.807, 2.05) is 11.8 Å². The molecule has 0 aliphatic heterocycles. The zero-order valence-electron chi connectivity index (χ0n) is 25.7. The van der Waals surface area contributed by atoms with Crippen molar-refractivity contribution in [2.75, 3.05) is 30.4 Å². The number of unbranched alkanes of at least 4 members (excludes halogenated alkanes) is 1. The standard InChI is InChI=1S/C34H58N2OS/c1-9-11-12-18-35-34-24-31(15-14-30(7)36(19-20-38-8)25-27(3)4)16-17-33(34)23-29(6)21-28(5)22-32(26-37)13-10-2/h12,16-18,24,26-29,32,35H,7,9-11,13-15,19-23,25H2,1-6,8H3/b18-12+. The van der Waals surface area contributed by atoms with E-state index in [-0.39, 0.29) is 5.92 Å². The lowest BCUT2D eigenvalue weighted by molar-refractivity contribution is -0.111. The summed E-state index contributed by atoms with van der Waals surface area (Å²) in [6, 6.07) is 7.01. The maximum absolute atomic E-state index is 11.4. The Balaban J connectivity index is 2.90. The number of carbonyl (C=O) groups is 1. The van der Waals surface area contributed by atoms with E-state index in [1.54, 1.807) is 0 Å². The Labute approximate surface area is 240 Å². The van der Waals surface area contributed by atoms with Gasteiger partial charge < -0.3 is 15.0 Å². The molecular formula is C34H58N2OS. The van der Waals surface area contributed by atoms with E-state index in [0.717, 1.165) is 76.6 Å². The zero-order valence-corrected chi connectivity index (χ0v) is 26.5. The quantitative estimate of drug-likeness (QED) is 0.148. The number of anilines is 1. The molecule has 3 atom stereocenters. The lowest BCUT2D eigenvalue weighted by Gasteiger charge is -2.28. The van der Waals surface area contributed by atoms with Crippen LogP contribution in [0, 0.1) is 23.7 Å². The van der Waals surface area contributed by atoms with Gasteiger partial charge in [-0.25, -0.2) is 0 Å². The average molecular weight is 543 g/mol. The summed E-state index contributed by atoms with van der Waals surface area (Å²) < 4.78 is 0. The molecule has 3 nitrogen and oxygen atoms in total. The second-order valence-corrected chi connectivity index (χ2v) is 12.8. The number of aldehydes is 1. The molecule has 1 rings (SSSR count). The predicted molar refractivity (Wildman–Crippen MR) is 172 cm³/mol. The number of nitrogens with zero attached hydrogens (tertiary/aromatic N) is 1. The Hall–Kier alpha value is -1.68. The minimum absolute atomic E-state index is 0.217. The second kappa shape index (κ2) is 20.3. The largest absolute Gasteiger partial charge is 0.374 e. The summed E-state index contributed by atoms with van der Waals surface area (Å²) in [4.78, 5) is 13.9. The number of allylic oxidation sites excluding steroid dienone is 2. The van der Waals surface area contributed by atoms with E-state index in [4.69, 9.17) is 0 Å². The molecule has 1 N–H and O–H groups in total. The number of rotatable bonds is 22. The monoisotopic (exact) mass is 542 g/mol. The molecule has 4 heteroatoms. The van der Waals surface area contributed by atoms with Crippen LogP contribution in [0.5, 0.6) is 0 Å². The lowest BCUT2D eigenvalue weighted by atomic mass is 9.85. The molecule has 1 aromatic rings. The van der Waals surface area contributed by atoms with Crippen LogP contribution in [0.3, 0.4) is 0 Å². The normalized spacial score (nSPS) is 14.0. The van der Waals surface area contributed by atoms with Crippen LogP contribution in [0.1, 0.15) is 97.6 Å². The van der Waals surface area contributed by atoms with Crippen LogP contribution in [-0.2, 0) is 17.6 Å². The maximum atomic E-state index is 11.4. The van der Waals surface area contributed by atoms with Gasteiger partial charge in [0.1, 0.15) is 6.29 Å². The Morgan fingerprint density at radius 2 is 1.87 bits per heavy atom. The van der Waals surface area contributed by atoms with Gasteiger partial charge in [-0.15, -0.1) is 0 Å². The molecule has 3 unspecified atom stereocenters. The lowest BCUT2D eigenvalue weighted by Crippen LogP contribution is -2.29. The highest BCUT2D eigenvalue weighted by Gasteiger charge is 2.16. The highest BCUT2D eigenvalue weighted by Crippen LogP contribution is 2.28. The third-order valence-electron chi connectivity index (χ3n) is 7.22. The van der Waals surface area contributed by atoms with Crippen LogP contribution in [0.4, 0.5) is 5.69 Å². The molecule has 0 heterocycles. The van der Waals surface area contributed by atoms with Crippen LogP contribution in [0.25, 0.3) is 0 Å². The summed E-state index contributed by atoms with van der Waals surface area (Å²) in [6.07, 6.45) is 17.3. The maximum Gasteiger partial charge on any atom is 0.123 e. The Morgan fingerprint density at radius 3 is 2.50 bits per heavy atom. The van der Waals surface area contributed by atoms with E-state index in [0.29, 0.717) is 17.8 Å². The molecule has 38 heavy (non-hydrogen) atoms. The van der Waals surface area contributed by atoms with Gasteiger partial charge in [0, 0.05) is 36.1 Å². The van der Waals surface area contributed by atoms with E-state index >= 15 is 0 Å². The first kappa shape index (κ1) is 34.3. The van der Waals surface area contributed by atoms with Crippen molar-refractivity contribution in [1.82, 2.24) is 4.90 Å². The van der Waals surface area contributed by atoms with E-state index < -0.39 is 0 Å². The van der Waals surface area contributed by atoms with Crippen LogP contribution in [0.15, 0.2) is 42.8 Å². The van der Waals surface area contributed by atoms with Crippen molar-refractivity contribution >= 4 is 23.7 Å². The number of hydrogen-bond acceptors (Lipinski definition) is 4. The average Bonchev–Trinajstić information content (AvgIpc) is 2.88. The topological polar surface area (TPSA) is 32.3 Å². The number of benzene rings is 1. The van der Waals surface area contributed by atoms with Crippen molar-refractivity contribution in [2.24, 2.45) is 23.7 Å². The van der Waals surface area contributed by atoms with Crippen molar-refractivity contribution in [2.45, 2.75) is 99.3 Å². The molecule has 0 amide bonds. The van der Waals surface area contributed by atoms with Crippen LogP contribution >= 0.6 is 11.8 Å². The van der Waals surface area contributed by atoms with Crippen molar-refractivity contribution in [3.63, 3.8) is 0 Å². The second-order valence-electron chi connectivity index (χ2n) is 11.8. The molecule has 0 aliphatic rings. The van der Waals surface area contributed by atoms with E-state index in [2.05, 4.69) is 95.1 Å². The SMILES string of the molecule is C=C(CCc1ccc(CC(C)CC(C)CC(C=O)CCC)c(N/C=C/CCC)c1)N(CCSC)CC(C)C. The number of hydrogen-bond donors (Lipinski definition) is 1. The first-order valence-corrected chi connectivity index (χ1v) is 16.5. The van der Waals surface area contributed by atoms with Crippen LogP contribution in [-0.4, -0.2) is 36.3 Å². The van der Waals surface area contributed by atoms with Crippen molar-refractivity contribution in [3.05, 3.63) is 53.9 Å². The molecule has 0 saturated heterocycles. The Bertz CT molecular complexity index is 819. The van der Waals surface area contributed by atoms with Crippen LogP contribution in [0.2, 0.25) is 0 Å². The molecular weight excluding hydrogens is 484 g/mol. The smallest absolute Gasteiger partial charge is 0.123 e. The molecule has 216 valence electrons. The van der Waals surface area contributed by atoms with Gasteiger partial charge >= 0.3 is 0 Å². The zero-order chi connectivity index (χ0) is 28.3. The highest BCUT2D eigenvalue weighted by molar-refractivity contribution is 7.98. The van der Waals surface area contributed by atoms with Gasteiger partial charge in [0.15, 0.2) is 0 Å². The number of carbonyl (C=O) groups excluding carboxylic acids is 1. The van der Waals surface area contributed by atoms with Gasteiger partial charge in [-0.3, -0.25) is 0 Å². The molecule has 0 saturated carbocycles. The van der Waals surface area contributed by atoms with Gasteiger partial charge in [0.25, 0.3) is 0 Å². The number of nitrogens with one attached hydrogen (secondary N) is 1. The van der Waals surface area contributed by atoms with Crippen molar-refractivity contribution in [1.29, 1.82) is 0 Å². The Kier molecular flexibility index (Phi) is 18.3. The van der Waals surface area contributed by atoms with Gasteiger partial charge in [-0.05, 0) is 92.3 Å². The van der Waals surface area contributed by atoms with Gasteiger partial charge in [0.05, 0.1) is 0 Å². The summed E-state index contributed by atoms with van der Waals surface area (Å²) in [6.45, 7) is 20.2. The van der Waals surface area contributed by atoms with E-state index in [1.165, 1.54) is 28.8 Å². The van der Waals surface area contributed by atoms with Gasteiger partial charge in [-0.2, -0.15) is 11.8 Å². The molecule has 0 radical (unpaired) electrons. The minimum atomic E-state index is 0.217. The first-order chi connectivity index (χ1) is 18.2. The Morgan fingerprint density at radius 1 is 1.11 bits per heavy atom. The summed E-state index contributed by atoms with van der Waals surface area (Å²) in [5.41, 5.74) is 5.24. The molecule has 0 aromatic heterocycles. The fourth-order valence-electron chi connectivity index (χ4n) is 5.33. The molecule has 1 aromatic carbocycles. The molecule has 0 spiro atoms. The third-order valence-corrected chi connectivity index (χ3v) is 7.81. The number of thioether (sulfide) groups is 1. The highest BCUT2D eigenvalue weighted by atomic mass is 32.2.